The molecule has 5 nitrogen and oxygen atoms in total. The second-order valence-corrected chi connectivity index (χ2v) is 8.10. The molecule has 32 heavy (non-hydrogen) atoms. The summed E-state index contributed by atoms with van der Waals surface area (Å²) in [5.74, 6) is 1.10. The van der Waals surface area contributed by atoms with Crippen LogP contribution in [0.3, 0.4) is 0 Å². The number of benzene rings is 2. The SMILES string of the molecule is COc1cc(NC(=O)C2CC[CH-]CC2)ccc1C.[CH2-]c1c(C)cc(N(C)C)cc1[C-]=O.[K+]. The van der Waals surface area contributed by atoms with Crippen molar-refractivity contribution in [3.63, 3.8) is 0 Å². The molecule has 0 atom stereocenters. The first-order chi connectivity index (χ1) is 14.8. The molecule has 0 spiro atoms. The Morgan fingerprint density at radius 3 is 2.38 bits per heavy atom. The summed E-state index contributed by atoms with van der Waals surface area (Å²) in [6.45, 7) is 7.74. The molecule has 1 N–H and O–H groups in total. The van der Waals surface area contributed by atoms with E-state index in [1.54, 1.807) is 13.2 Å². The Morgan fingerprint density at radius 1 is 1.16 bits per heavy atom. The van der Waals surface area contributed by atoms with Crippen molar-refractivity contribution in [3.8, 4) is 5.75 Å². The van der Waals surface area contributed by atoms with Crippen LogP contribution in [0.1, 0.15) is 47.9 Å². The molecule has 1 fully saturated rings. The molecule has 168 valence electrons. The number of hydrogen-bond donors (Lipinski definition) is 1. The van der Waals surface area contributed by atoms with E-state index in [9.17, 15) is 9.59 Å². The molecule has 1 amide bonds. The van der Waals surface area contributed by atoms with Crippen LogP contribution in [0.5, 0.6) is 5.75 Å². The second-order valence-electron chi connectivity index (χ2n) is 8.10. The zero-order chi connectivity index (χ0) is 23.0. The minimum atomic E-state index is 0. The summed E-state index contributed by atoms with van der Waals surface area (Å²) < 4.78 is 5.26. The first kappa shape index (κ1) is 28.7. The number of carbonyl (C=O) groups is 1. The largest absolute Gasteiger partial charge is 1.00 e. The van der Waals surface area contributed by atoms with Gasteiger partial charge in [0.25, 0.3) is 0 Å². The van der Waals surface area contributed by atoms with Crippen molar-refractivity contribution in [1.29, 1.82) is 0 Å². The molecule has 3 rings (SSSR count). The first-order valence-electron chi connectivity index (χ1n) is 10.6. The van der Waals surface area contributed by atoms with Crippen LogP contribution in [-0.4, -0.2) is 33.4 Å². The van der Waals surface area contributed by atoms with Gasteiger partial charge in [0.1, 0.15) is 5.75 Å². The van der Waals surface area contributed by atoms with Crippen molar-refractivity contribution in [2.45, 2.75) is 39.5 Å². The summed E-state index contributed by atoms with van der Waals surface area (Å²) in [4.78, 5) is 24.6. The molecular weight excluding hydrogens is 427 g/mol. The third-order valence-corrected chi connectivity index (χ3v) is 5.57. The summed E-state index contributed by atoms with van der Waals surface area (Å²) in [5, 5.41) is 2.98. The molecule has 1 saturated carbocycles. The molecule has 0 radical (unpaired) electrons. The third kappa shape index (κ3) is 8.23. The number of hydrogen-bond acceptors (Lipinski definition) is 4. The van der Waals surface area contributed by atoms with Crippen LogP contribution in [0.2, 0.25) is 0 Å². The maximum atomic E-state index is 12.1. The predicted molar refractivity (Wildman–Crippen MR) is 127 cm³/mol. The van der Waals surface area contributed by atoms with Crippen LogP contribution in [-0.2, 0) is 9.59 Å². The first-order valence-corrected chi connectivity index (χ1v) is 10.6. The van der Waals surface area contributed by atoms with Gasteiger partial charge in [-0.2, -0.15) is 18.9 Å². The van der Waals surface area contributed by atoms with Crippen LogP contribution in [0, 0.1) is 33.1 Å². The molecular formula is C26H33KN2O3-2. The standard InChI is InChI=1S/C15H20NO2.C11H13NO.K/c1-11-8-9-13(10-14(11)18-2)16-15(17)12-6-4-3-5-7-12;1-8-5-11(12(3)4)6-10(7-13)9(8)2;/h3,8-10,12H,4-7H2,1-2H3,(H,16,17);5-6H,2H2,1,3-4H3;/q-1;-2;+1. The maximum Gasteiger partial charge on any atom is 1.00 e. The van der Waals surface area contributed by atoms with Crippen molar-refractivity contribution in [2.75, 3.05) is 31.4 Å². The number of rotatable bonds is 5. The van der Waals surface area contributed by atoms with Crippen LogP contribution in [0.25, 0.3) is 0 Å². The molecule has 2 aromatic rings. The zero-order valence-corrected chi connectivity index (χ0v) is 23.4. The van der Waals surface area contributed by atoms with Gasteiger partial charge in [0.2, 0.25) is 5.91 Å². The third-order valence-electron chi connectivity index (χ3n) is 5.57. The number of methoxy groups -OCH3 is 1. The molecule has 0 bridgehead atoms. The molecule has 1 aliphatic carbocycles. The van der Waals surface area contributed by atoms with Crippen LogP contribution in [0.15, 0.2) is 30.3 Å². The number of amides is 1. The Balaban J connectivity index is 0.000000327. The van der Waals surface area contributed by atoms with E-state index < -0.39 is 0 Å². The van der Waals surface area contributed by atoms with Crippen molar-refractivity contribution < 1.29 is 65.7 Å². The summed E-state index contributed by atoms with van der Waals surface area (Å²) >= 11 is 0. The smallest absolute Gasteiger partial charge is 0.496 e. The van der Waals surface area contributed by atoms with E-state index in [1.165, 1.54) is 0 Å². The number of anilines is 2. The van der Waals surface area contributed by atoms with Gasteiger partial charge < -0.3 is 26.2 Å². The van der Waals surface area contributed by atoms with Crippen LogP contribution >= 0.6 is 0 Å². The van der Waals surface area contributed by atoms with E-state index in [1.807, 2.05) is 63.4 Å². The van der Waals surface area contributed by atoms with E-state index in [2.05, 4.69) is 18.7 Å². The van der Waals surface area contributed by atoms with Gasteiger partial charge in [-0.15, -0.1) is 6.07 Å². The zero-order valence-electron chi connectivity index (χ0n) is 20.2. The number of aryl methyl sites for hydroxylation is 2. The predicted octanol–water partition coefficient (Wildman–Crippen LogP) is 2.04. The Morgan fingerprint density at radius 2 is 1.81 bits per heavy atom. The van der Waals surface area contributed by atoms with Gasteiger partial charge in [-0.05, 0) is 30.5 Å². The van der Waals surface area contributed by atoms with Crippen LogP contribution in [0.4, 0.5) is 11.4 Å². The summed E-state index contributed by atoms with van der Waals surface area (Å²) in [6.07, 6.45) is 8.19. The van der Waals surface area contributed by atoms with E-state index >= 15 is 0 Å². The molecule has 0 aliphatic heterocycles. The molecule has 0 unspecified atom stereocenters. The fraction of sp³-hybridized carbons (Fsp3) is 0.385. The Hall–Kier alpha value is -1.31. The topological polar surface area (TPSA) is 58.6 Å². The number of ether oxygens (including phenoxy) is 1. The van der Waals surface area contributed by atoms with Gasteiger partial charge in [0.15, 0.2) is 0 Å². The molecule has 0 aromatic heterocycles. The van der Waals surface area contributed by atoms with Gasteiger partial charge in [-0.25, -0.2) is 5.56 Å². The maximum absolute atomic E-state index is 12.1. The summed E-state index contributed by atoms with van der Waals surface area (Å²) in [6, 6.07) is 9.56. The fourth-order valence-corrected chi connectivity index (χ4v) is 3.48. The number of nitrogens with one attached hydrogen (secondary N) is 1. The van der Waals surface area contributed by atoms with Crippen LogP contribution < -0.4 is 66.3 Å². The van der Waals surface area contributed by atoms with Crippen molar-refractivity contribution in [3.05, 3.63) is 65.9 Å². The van der Waals surface area contributed by atoms with Crippen molar-refractivity contribution in [2.24, 2.45) is 5.92 Å². The van der Waals surface area contributed by atoms with Gasteiger partial charge in [0.05, 0.1) is 7.11 Å². The number of carbonyl (C=O) groups excluding carboxylic acids is 2. The van der Waals surface area contributed by atoms with E-state index in [4.69, 9.17) is 4.74 Å². The fourth-order valence-electron chi connectivity index (χ4n) is 3.48. The van der Waals surface area contributed by atoms with E-state index in [-0.39, 0.29) is 63.2 Å². The van der Waals surface area contributed by atoms with Gasteiger partial charge in [-0.1, -0.05) is 25.8 Å². The Kier molecular flexibility index (Phi) is 12.6. The summed E-state index contributed by atoms with van der Waals surface area (Å²) in [7, 11) is 5.52. The minimum Gasteiger partial charge on any atom is -0.496 e. The van der Waals surface area contributed by atoms with E-state index in [0.717, 1.165) is 59.5 Å². The van der Waals surface area contributed by atoms with Gasteiger partial charge in [0, 0.05) is 31.8 Å². The summed E-state index contributed by atoms with van der Waals surface area (Å²) in [5.41, 5.74) is 5.22. The molecule has 0 heterocycles. The molecule has 6 heteroatoms. The molecule has 2 aromatic carbocycles. The Bertz CT molecular complexity index is 906. The average Bonchev–Trinajstić information content (AvgIpc) is 2.77. The molecule has 1 aliphatic rings. The van der Waals surface area contributed by atoms with Gasteiger partial charge in [-0.3, -0.25) is 22.8 Å². The van der Waals surface area contributed by atoms with Crippen molar-refractivity contribution >= 4 is 23.6 Å². The minimum absolute atomic E-state index is 0. The quantitative estimate of drug-likeness (QED) is 0.548. The number of nitrogens with zero attached hydrogens (tertiary/aromatic N) is 1. The Labute approximate surface area is 235 Å². The van der Waals surface area contributed by atoms with Crippen molar-refractivity contribution in [1.82, 2.24) is 0 Å². The van der Waals surface area contributed by atoms with Gasteiger partial charge >= 0.3 is 51.4 Å². The monoisotopic (exact) mass is 460 g/mol. The molecule has 0 saturated heterocycles. The average molecular weight is 461 g/mol. The normalized spacial score (nSPS) is 13.2. The van der Waals surface area contributed by atoms with E-state index in [0.29, 0.717) is 5.56 Å². The second kappa shape index (κ2) is 14.1.